The van der Waals surface area contributed by atoms with Crippen molar-refractivity contribution in [1.82, 2.24) is 5.32 Å². The zero-order valence-corrected chi connectivity index (χ0v) is 11.2. The number of nitrogens with one attached hydrogen (secondary N) is 1. The van der Waals surface area contributed by atoms with E-state index >= 15 is 0 Å². The monoisotopic (exact) mass is 299 g/mol. The molecule has 0 saturated heterocycles. The van der Waals surface area contributed by atoms with E-state index in [-0.39, 0.29) is 0 Å². The van der Waals surface area contributed by atoms with Crippen LogP contribution in [-0.2, 0) is 6.42 Å². The molecule has 0 fully saturated rings. The lowest BCUT2D eigenvalue weighted by molar-refractivity contribution is 0.111. The number of rotatable bonds is 4. The predicted molar refractivity (Wildman–Crippen MR) is 68.2 cm³/mol. The summed E-state index contributed by atoms with van der Waals surface area (Å²) in [5.74, 6) is 1.27. The van der Waals surface area contributed by atoms with Gasteiger partial charge in [-0.3, -0.25) is 4.79 Å². The number of aldehydes is 1. The Balaban J connectivity index is 2.47. The Morgan fingerprint density at radius 3 is 2.76 bits per heavy atom. The molecule has 17 heavy (non-hydrogen) atoms. The summed E-state index contributed by atoms with van der Waals surface area (Å²) in [6.07, 6.45) is 1.61. The van der Waals surface area contributed by atoms with Crippen molar-refractivity contribution < 1.29 is 14.3 Å². The molecule has 4 nitrogen and oxygen atoms in total. The van der Waals surface area contributed by atoms with Crippen LogP contribution in [0.5, 0.6) is 11.5 Å². The van der Waals surface area contributed by atoms with Crippen LogP contribution < -0.4 is 14.8 Å². The van der Waals surface area contributed by atoms with Crippen molar-refractivity contribution in [3.8, 4) is 11.5 Å². The lowest BCUT2D eigenvalue weighted by Crippen LogP contribution is -2.19. The summed E-state index contributed by atoms with van der Waals surface area (Å²) in [7, 11) is 1.90. The number of ether oxygens (including phenoxy) is 2. The van der Waals surface area contributed by atoms with E-state index in [0.717, 1.165) is 29.3 Å². The van der Waals surface area contributed by atoms with Gasteiger partial charge in [0.1, 0.15) is 13.2 Å². The van der Waals surface area contributed by atoms with Crippen LogP contribution in [0, 0.1) is 0 Å². The van der Waals surface area contributed by atoms with Crippen LogP contribution in [0.1, 0.15) is 15.9 Å². The number of benzene rings is 1. The lowest BCUT2D eigenvalue weighted by atomic mass is 10.1. The van der Waals surface area contributed by atoms with Gasteiger partial charge >= 0.3 is 0 Å². The molecular formula is C12H14BrNO3. The molecule has 1 aliphatic rings. The predicted octanol–water partition coefficient (Wildman–Crippen LogP) is 1.79. The molecule has 1 aliphatic heterocycles. The fraction of sp³-hybridized carbons (Fsp3) is 0.417. The number of fused-ring (bicyclic) bond motifs is 1. The van der Waals surface area contributed by atoms with Crippen molar-refractivity contribution in [3.05, 3.63) is 21.7 Å². The minimum Gasteiger partial charge on any atom is -0.486 e. The van der Waals surface area contributed by atoms with E-state index in [0.29, 0.717) is 30.3 Å². The molecule has 1 heterocycles. The Bertz CT molecular complexity index is 434. The summed E-state index contributed by atoms with van der Waals surface area (Å²) in [5, 5.41) is 3.09. The number of hydrogen-bond donors (Lipinski definition) is 1. The average Bonchev–Trinajstić information content (AvgIpc) is 2.37. The zero-order valence-electron chi connectivity index (χ0n) is 9.59. The summed E-state index contributed by atoms with van der Waals surface area (Å²) in [5.41, 5.74) is 1.57. The summed E-state index contributed by atoms with van der Waals surface area (Å²) in [6.45, 7) is 1.85. The van der Waals surface area contributed by atoms with Crippen LogP contribution in [0.4, 0.5) is 0 Å². The molecule has 0 radical (unpaired) electrons. The molecule has 0 unspecified atom stereocenters. The first-order valence-electron chi connectivity index (χ1n) is 5.48. The van der Waals surface area contributed by atoms with Gasteiger partial charge < -0.3 is 14.8 Å². The van der Waals surface area contributed by atoms with Crippen molar-refractivity contribution in [2.24, 2.45) is 0 Å². The van der Waals surface area contributed by atoms with Gasteiger partial charge in [0.25, 0.3) is 0 Å². The van der Waals surface area contributed by atoms with Crippen molar-refractivity contribution >= 4 is 22.2 Å². The second-order valence-corrected chi connectivity index (χ2v) is 4.61. The lowest BCUT2D eigenvalue weighted by Gasteiger charge is -2.23. The number of carbonyl (C=O) groups is 1. The summed E-state index contributed by atoms with van der Waals surface area (Å²) < 4.78 is 12.0. The largest absolute Gasteiger partial charge is 0.486 e. The molecular weight excluding hydrogens is 286 g/mol. The molecule has 5 heteroatoms. The molecule has 1 aromatic rings. The van der Waals surface area contributed by atoms with Crippen LogP contribution in [0.2, 0.25) is 0 Å². The Kier molecular flexibility index (Phi) is 4.02. The number of likely N-dealkylation sites (N-methyl/N-ethyl adjacent to an activating group) is 1. The third-order valence-corrected chi connectivity index (χ3v) is 3.35. The van der Waals surface area contributed by atoms with Crippen molar-refractivity contribution in [2.75, 3.05) is 26.8 Å². The number of carbonyl (C=O) groups excluding carboxylic acids is 1. The molecule has 0 spiro atoms. The van der Waals surface area contributed by atoms with Gasteiger partial charge in [-0.25, -0.2) is 0 Å². The van der Waals surface area contributed by atoms with E-state index in [4.69, 9.17) is 9.47 Å². The minimum atomic E-state index is 0.487. The van der Waals surface area contributed by atoms with E-state index in [1.807, 2.05) is 7.05 Å². The zero-order chi connectivity index (χ0) is 12.3. The highest BCUT2D eigenvalue weighted by atomic mass is 79.9. The van der Waals surface area contributed by atoms with E-state index in [1.54, 1.807) is 6.07 Å². The number of halogens is 1. The molecule has 1 N–H and O–H groups in total. The molecule has 0 aromatic heterocycles. The standard InChI is InChI=1S/C12H14BrNO3/c1-14-3-2-9-10(13)6-8(7-15)11-12(9)17-5-4-16-11/h6-7,14H,2-5H2,1H3. The molecule has 1 aromatic carbocycles. The van der Waals surface area contributed by atoms with Gasteiger partial charge in [0.15, 0.2) is 17.8 Å². The van der Waals surface area contributed by atoms with Crippen LogP contribution in [0.25, 0.3) is 0 Å². The second kappa shape index (κ2) is 5.51. The van der Waals surface area contributed by atoms with Gasteiger partial charge in [0.2, 0.25) is 0 Å². The van der Waals surface area contributed by atoms with Crippen LogP contribution in [0.15, 0.2) is 10.5 Å². The highest BCUT2D eigenvalue weighted by Gasteiger charge is 2.22. The molecule has 2 rings (SSSR count). The average molecular weight is 300 g/mol. The first kappa shape index (κ1) is 12.4. The summed E-state index contributed by atoms with van der Waals surface area (Å²) in [6, 6.07) is 1.78. The van der Waals surface area contributed by atoms with Crippen LogP contribution >= 0.6 is 15.9 Å². The fourth-order valence-corrected chi connectivity index (χ4v) is 2.45. The summed E-state index contributed by atoms with van der Waals surface area (Å²) in [4.78, 5) is 11.0. The molecule has 0 atom stereocenters. The second-order valence-electron chi connectivity index (χ2n) is 3.75. The quantitative estimate of drug-likeness (QED) is 0.861. The SMILES string of the molecule is CNCCc1c(Br)cc(C=O)c2c1OCCO2. The molecule has 92 valence electrons. The highest BCUT2D eigenvalue weighted by molar-refractivity contribution is 9.10. The molecule has 0 aliphatic carbocycles. The van der Waals surface area contributed by atoms with Gasteiger partial charge in [0.05, 0.1) is 5.56 Å². The van der Waals surface area contributed by atoms with Crippen molar-refractivity contribution in [2.45, 2.75) is 6.42 Å². The Morgan fingerprint density at radius 2 is 2.12 bits per heavy atom. The summed E-state index contributed by atoms with van der Waals surface area (Å²) >= 11 is 3.48. The maximum absolute atomic E-state index is 11.0. The Labute approximate surface area is 108 Å². The first-order chi connectivity index (χ1) is 8.27. The van der Waals surface area contributed by atoms with E-state index in [9.17, 15) is 4.79 Å². The molecule has 0 amide bonds. The Hall–Kier alpha value is -1.07. The van der Waals surface area contributed by atoms with E-state index < -0.39 is 0 Å². The third-order valence-electron chi connectivity index (χ3n) is 2.64. The van der Waals surface area contributed by atoms with Gasteiger partial charge in [-0.2, -0.15) is 0 Å². The van der Waals surface area contributed by atoms with Gasteiger partial charge in [-0.05, 0) is 26.1 Å². The van der Waals surface area contributed by atoms with Crippen LogP contribution in [-0.4, -0.2) is 33.1 Å². The minimum absolute atomic E-state index is 0.487. The maximum Gasteiger partial charge on any atom is 0.172 e. The topological polar surface area (TPSA) is 47.6 Å². The number of hydrogen-bond acceptors (Lipinski definition) is 4. The van der Waals surface area contributed by atoms with Gasteiger partial charge in [-0.1, -0.05) is 15.9 Å². The fourth-order valence-electron chi connectivity index (χ4n) is 1.83. The van der Waals surface area contributed by atoms with Gasteiger partial charge in [0, 0.05) is 10.0 Å². The maximum atomic E-state index is 11.0. The smallest absolute Gasteiger partial charge is 0.172 e. The molecule has 0 saturated carbocycles. The van der Waals surface area contributed by atoms with Crippen molar-refractivity contribution in [1.29, 1.82) is 0 Å². The van der Waals surface area contributed by atoms with E-state index in [2.05, 4.69) is 21.2 Å². The van der Waals surface area contributed by atoms with Gasteiger partial charge in [-0.15, -0.1) is 0 Å². The van der Waals surface area contributed by atoms with Crippen LogP contribution in [0.3, 0.4) is 0 Å². The highest BCUT2D eigenvalue weighted by Crippen LogP contribution is 2.40. The first-order valence-corrected chi connectivity index (χ1v) is 6.28. The molecule has 0 bridgehead atoms. The Morgan fingerprint density at radius 1 is 1.41 bits per heavy atom. The van der Waals surface area contributed by atoms with E-state index in [1.165, 1.54) is 0 Å². The third kappa shape index (κ3) is 2.45. The normalized spacial score (nSPS) is 13.5. The van der Waals surface area contributed by atoms with Crippen molar-refractivity contribution in [3.63, 3.8) is 0 Å².